The van der Waals surface area contributed by atoms with Crippen molar-refractivity contribution in [1.29, 1.82) is 0 Å². The van der Waals surface area contributed by atoms with Crippen molar-refractivity contribution in [3.8, 4) is 0 Å². The summed E-state index contributed by atoms with van der Waals surface area (Å²) in [6.07, 6.45) is 0. The molecule has 0 radical (unpaired) electrons. The predicted octanol–water partition coefficient (Wildman–Crippen LogP) is 0.901. The number of hydrogen-bond donors (Lipinski definition) is 0. The van der Waals surface area contributed by atoms with E-state index < -0.39 is 0 Å². The molecule has 0 atom stereocenters. The second-order valence-electron chi connectivity index (χ2n) is 0. The monoisotopic (exact) mass is 3360 g/mol. The van der Waals surface area contributed by atoms with Crippen LogP contribution in [0.2, 0.25) is 0 Å². The Morgan fingerprint density at radius 3 is 0.188 bits per heavy atom. The summed E-state index contributed by atoms with van der Waals surface area (Å²) < 4.78 is 0. The molecule has 0 aliphatic rings. The molecule has 0 aromatic heterocycles. The molecule has 16 heavy (non-hydrogen) atoms. The van der Waals surface area contributed by atoms with Gasteiger partial charge in [-0.05, 0) is 0 Å². The smallest absolute Gasteiger partial charge is 0.358 e. The minimum atomic E-state index is 0. The quantitative estimate of drug-likeness (QED) is 0.317. The molecule has 0 unspecified atom stereocenters. The first-order valence-electron chi connectivity index (χ1n) is 0. The summed E-state index contributed by atoms with van der Waals surface area (Å²) in [5.74, 6) is 0. The van der Waals surface area contributed by atoms with Crippen LogP contribution >= 0.6 is 0 Å². The maximum absolute atomic E-state index is 0. The second kappa shape index (κ2) is 113. The van der Waals surface area contributed by atoms with Gasteiger partial charge in [-0.2, -0.15) is 0 Å². The zero-order chi connectivity index (χ0) is 0. The van der Waals surface area contributed by atoms with Crippen molar-refractivity contribution in [2.75, 3.05) is 0 Å². The second-order valence-corrected chi connectivity index (χ2v) is 0. The maximum atomic E-state index is 0. The Balaban J connectivity index is 0. The summed E-state index contributed by atoms with van der Waals surface area (Å²) in [7, 11) is 0. The molecule has 0 N–H and O–H groups in total. The third kappa shape index (κ3) is 102. The topological polar surface area (TPSA) is 0 Å². The summed E-state index contributed by atoms with van der Waals surface area (Å²) in [6, 6.07) is 0. The van der Waals surface area contributed by atoms with E-state index in [4.69, 9.17) is 0 Å². The van der Waals surface area contributed by atoms with Gasteiger partial charge in [0.2, 0.25) is 0 Å². The average molecular weight is 3360 g/mol. The summed E-state index contributed by atoms with van der Waals surface area (Å²) >= 11 is 0. The molecule has 0 aromatic carbocycles. The van der Waals surface area contributed by atoms with Crippen LogP contribution in [0.3, 0.4) is 0 Å². The molecule has 0 heterocycles. The molecular formula is C2H6U14. The molecule has 0 saturated heterocycles. The van der Waals surface area contributed by atoms with E-state index in [0.29, 0.717) is 0 Å². The van der Waals surface area contributed by atoms with Gasteiger partial charge in [-0.3, -0.25) is 0 Å². The van der Waals surface area contributed by atoms with Crippen molar-refractivity contribution >= 4 is 0 Å². The molecule has 0 saturated carbocycles. The average Bonchev–Trinajstić information content (AvgIpc) is 0. The molecule has 14 heteroatoms. The van der Waals surface area contributed by atoms with E-state index in [2.05, 4.69) is 0 Å². The molecule has 0 nitrogen and oxygen atoms in total. The van der Waals surface area contributed by atoms with Crippen molar-refractivity contribution in [3.63, 3.8) is 0 Å². The molecular weight excluding hydrogens is 3360 g/mol. The Morgan fingerprint density at radius 2 is 0.188 bits per heavy atom. The van der Waals surface area contributed by atoms with Gasteiger partial charge < -0.3 is 14.9 Å². The van der Waals surface area contributed by atoms with Gasteiger partial charge in [-0.25, -0.2) is 0 Å². The fourth-order valence-corrected chi connectivity index (χ4v) is 0. The van der Waals surface area contributed by atoms with E-state index >= 15 is 0 Å². The minimum absolute atomic E-state index is 0. The van der Waals surface area contributed by atoms with Crippen molar-refractivity contribution in [3.05, 3.63) is 14.9 Å². The largest absolute Gasteiger partial charge is 2.00 e. The zero-order valence-electron chi connectivity index (χ0n) is 9.00. The van der Waals surface area contributed by atoms with Crippen molar-refractivity contribution < 1.29 is 436 Å². The van der Waals surface area contributed by atoms with E-state index in [0.717, 1.165) is 0 Å². The Labute approximate surface area is 434 Å². The molecule has 0 aromatic rings. The first-order valence-corrected chi connectivity index (χ1v) is 0. The molecule has 0 bridgehead atoms. The fourth-order valence-electron chi connectivity index (χ4n) is 0. The summed E-state index contributed by atoms with van der Waals surface area (Å²) in [5, 5.41) is 0. The summed E-state index contributed by atoms with van der Waals surface area (Å²) in [6.45, 7) is 0. The van der Waals surface area contributed by atoms with Gasteiger partial charge in [-0.15, -0.1) is 0 Å². The summed E-state index contributed by atoms with van der Waals surface area (Å²) in [4.78, 5) is 0. The van der Waals surface area contributed by atoms with Gasteiger partial charge in [0, 0.05) is 404 Å². The van der Waals surface area contributed by atoms with Crippen LogP contribution in [0.25, 0.3) is 0 Å². The van der Waals surface area contributed by atoms with Crippen molar-refractivity contribution in [1.82, 2.24) is 0 Å². The van der Waals surface area contributed by atoms with Gasteiger partial charge in [0.1, 0.15) is 0 Å². The van der Waals surface area contributed by atoms with Crippen LogP contribution in [-0.2, 0) is 0 Å². The SMILES string of the molecule is [CH3-].[CH3-].[U+2].[U].[U].[U].[U].[U].[U].[U].[U].[U].[U].[U].[U].[U]. The Kier molecular flexibility index (Phi) is 885. The molecule has 0 aliphatic carbocycles. The van der Waals surface area contributed by atoms with Crippen LogP contribution in [0, 0.1) is 450 Å². The third-order valence-electron chi connectivity index (χ3n) is 0. The molecule has 0 rings (SSSR count). The van der Waals surface area contributed by atoms with E-state index in [1.165, 1.54) is 0 Å². The molecule has 0 amide bonds. The van der Waals surface area contributed by atoms with Crippen molar-refractivity contribution in [2.24, 2.45) is 0 Å². The van der Waals surface area contributed by atoms with Crippen LogP contribution in [0.5, 0.6) is 0 Å². The fraction of sp³-hybridized carbons (Fsp3) is 0. The van der Waals surface area contributed by atoms with Gasteiger partial charge in [-0.1, -0.05) is 0 Å². The van der Waals surface area contributed by atoms with Crippen molar-refractivity contribution in [2.45, 2.75) is 0 Å². The van der Waals surface area contributed by atoms with Crippen LogP contribution in [0.4, 0.5) is 0 Å². The van der Waals surface area contributed by atoms with Crippen LogP contribution in [-0.4, -0.2) is 0 Å². The first-order chi connectivity index (χ1) is 0. The number of rotatable bonds is 0. The predicted molar refractivity (Wildman–Crippen MR) is 12.8 cm³/mol. The maximum Gasteiger partial charge on any atom is 2.00 e. The van der Waals surface area contributed by atoms with Crippen LogP contribution in [0.15, 0.2) is 0 Å². The van der Waals surface area contributed by atoms with Crippen LogP contribution < -0.4 is 0 Å². The van der Waals surface area contributed by atoms with E-state index in [9.17, 15) is 0 Å². The van der Waals surface area contributed by atoms with Gasteiger partial charge in [0.25, 0.3) is 0 Å². The summed E-state index contributed by atoms with van der Waals surface area (Å²) in [5.41, 5.74) is 0. The first kappa shape index (κ1) is 125. The Bertz CT molecular complexity index is 8.70. The molecule has 0 spiro atoms. The molecule has 0 fully saturated rings. The van der Waals surface area contributed by atoms with Gasteiger partial charge in [0.05, 0.1) is 0 Å². The van der Waals surface area contributed by atoms with Gasteiger partial charge >= 0.3 is 31.1 Å². The normalized spacial score (nSPS) is 0. The van der Waals surface area contributed by atoms with Gasteiger partial charge in [0.15, 0.2) is 0 Å². The third-order valence-corrected chi connectivity index (χ3v) is 0. The van der Waals surface area contributed by atoms with E-state index in [-0.39, 0.29) is 450 Å². The van der Waals surface area contributed by atoms with Crippen LogP contribution in [0.1, 0.15) is 0 Å². The van der Waals surface area contributed by atoms with E-state index in [1.54, 1.807) is 0 Å². The zero-order valence-corrected chi connectivity index (χ0v) is 67.3. The number of hydrogen-bond acceptors (Lipinski definition) is 0. The minimum Gasteiger partial charge on any atom is -0.358 e. The molecule has 70 valence electrons. The molecule has 0 aliphatic heterocycles. The van der Waals surface area contributed by atoms with E-state index in [1.807, 2.05) is 0 Å². The Hall–Kier alpha value is 14.7. The standard InChI is InChI=1S/2CH3.14U/h2*1H3;;;;;;;;;;;;;;/q2*-1;;;;;;;;;;;;;;+2. The Morgan fingerprint density at radius 1 is 0.188 bits per heavy atom.